The van der Waals surface area contributed by atoms with E-state index in [1.54, 1.807) is 12.1 Å². The zero-order chi connectivity index (χ0) is 12.3. The predicted octanol–water partition coefficient (Wildman–Crippen LogP) is 2.91. The summed E-state index contributed by atoms with van der Waals surface area (Å²) in [4.78, 5) is 2.29. The van der Waals surface area contributed by atoms with Gasteiger partial charge in [0.1, 0.15) is 5.82 Å². The third kappa shape index (κ3) is 2.78. The Bertz CT molecular complexity index is 378. The number of rotatable bonds is 3. The van der Waals surface area contributed by atoms with Crippen molar-refractivity contribution in [2.45, 2.75) is 32.7 Å². The maximum absolute atomic E-state index is 13.7. The van der Waals surface area contributed by atoms with E-state index in [4.69, 9.17) is 5.73 Å². The Kier molecular flexibility index (Phi) is 4.00. The lowest BCUT2D eigenvalue weighted by Crippen LogP contribution is -2.35. The lowest BCUT2D eigenvalue weighted by atomic mass is 9.95. The van der Waals surface area contributed by atoms with Crippen LogP contribution < -0.4 is 10.6 Å². The first kappa shape index (κ1) is 12.4. The highest BCUT2D eigenvalue weighted by molar-refractivity contribution is 5.48. The molecule has 1 atom stereocenters. The maximum atomic E-state index is 13.7. The molecule has 1 heterocycles. The largest absolute Gasteiger partial charge is 0.371 e. The van der Waals surface area contributed by atoms with E-state index in [0.717, 1.165) is 24.7 Å². The molecular formula is C14H21FN2. The second-order valence-electron chi connectivity index (χ2n) is 4.84. The quantitative estimate of drug-likeness (QED) is 0.874. The van der Waals surface area contributed by atoms with Gasteiger partial charge in [0.15, 0.2) is 0 Å². The van der Waals surface area contributed by atoms with Crippen molar-refractivity contribution >= 4 is 5.69 Å². The van der Waals surface area contributed by atoms with Gasteiger partial charge in [-0.1, -0.05) is 19.4 Å². The fourth-order valence-electron chi connectivity index (χ4n) is 2.53. The van der Waals surface area contributed by atoms with Crippen LogP contribution in [0.3, 0.4) is 0 Å². The van der Waals surface area contributed by atoms with Crippen molar-refractivity contribution in [3.8, 4) is 0 Å². The van der Waals surface area contributed by atoms with Crippen LogP contribution in [0.4, 0.5) is 10.1 Å². The number of hydrogen-bond donors (Lipinski definition) is 1. The fraction of sp³-hybridized carbons (Fsp3) is 0.571. The number of hydrogen-bond acceptors (Lipinski definition) is 2. The van der Waals surface area contributed by atoms with Gasteiger partial charge in [0.05, 0.1) is 0 Å². The SMILES string of the molecule is CCC1CCCN(c2ccc(CN)c(F)c2)C1. The van der Waals surface area contributed by atoms with Crippen LogP contribution in [0, 0.1) is 11.7 Å². The van der Waals surface area contributed by atoms with Gasteiger partial charge in [-0.3, -0.25) is 0 Å². The number of benzene rings is 1. The second-order valence-corrected chi connectivity index (χ2v) is 4.84. The maximum Gasteiger partial charge on any atom is 0.129 e. The molecular weight excluding hydrogens is 215 g/mol. The third-order valence-electron chi connectivity index (χ3n) is 3.72. The minimum atomic E-state index is -0.177. The van der Waals surface area contributed by atoms with Crippen LogP contribution >= 0.6 is 0 Å². The van der Waals surface area contributed by atoms with Crippen molar-refractivity contribution in [2.75, 3.05) is 18.0 Å². The minimum absolute atomic E-state index is 0.177. The molecule has 0 spiro atoms. The van der Waals surface area contributed by atoms with Gasteiger partial charge < -0.3 is 10.6 Å². The first-order chi connectivity index (χ1) is 8.24. The summed E-state index contributed by atoms with van der Waals surface area (Å²) in [6, 6.07) is 5.42. The molecule has 1 aliphatic heterocycles. The van der Waals surface area contributed by atoms with E-state index in [2.05, 4.69) is 11.8 Å². The number of piperidine rings is 1. The molecule has 94 valence electrons. The Morgan fingerprint density at radius 1 is 1.47 bits per heavy atom. The highest BCUT2D eigenvalue weighted by atomic mass is 19.1. The van der Waals surface area contributed by atoms with Gasteiger partial charge >= 0.3 is 0 Å². The van der Waals surface area contributed by atoms with Gasteiger partial charge in [-0.15, -0.1) is 0 Å². The standard InChI is InChI=1S/C14H21FN2/c1-2-11-4-3-7-17(10-11)13-6-5-12(9-16)14(15)8-13/h5-6,8,11H,2-4,7,9-10,16H2,1H3. The molecule has 1 unspecified atom stereocenters. The highest BCUT2D eigenvalue weighted by Gasteiger charge is 2.19. The molecule has 1 aliphatic rings. The van der Waals surface area contributed by atoms with E-state index >= 15 is 0 Å². The van der Waals surface area contributed by atoms with Crippen LogP contribution in [0.1, 0.15) is 31.7 Å². The number of nitrogens with two attached hydrogens (primary N) is 1. The Labute approximate surface area is 103 Å². The molecule has 17 heavy (non-hydrogen) atoms. The molecule has 0 aliphatic carbocycles. The smallest absolute Gasteiger partial charge is 0.129 e. The van der Waals surface area contributed by atoms with E-state index in [1.165, 1.54) is 19.3 Å². The van der Waals surface area contributed by atoms with E-state index in [-0.39, 0.29) is 12.4 Å². The van der Waals surface area contributed by atoms with Crippen LogP contribution in [0.15, 0.2) is 18.2 Å². The Morgan fingerprint density at radius 3 is 2.94 bits per heavy atom. The van der Waals surface area contributed by atoms with Gasteiger partial charge in [0, 0.05) is 30.9 Å². The summed E-state index contributed by atoms with van der Waals surface area (Å²) < 4.78 is 13.7. The fourth-order valence-corrected chi connectivity index (χ4v) is 2.53. The van der Waals surface area contributed by atoms with Crippen molar-refractivity contribution in [2.24, 2.45) is 11.7 Å². The second kappa shape index (κ2) is 5.50. The van der Waals surface area contributed by atoms with Crippen LogP contribution in [0.25, 0.3) is 0 Å². The first-order valence-corrected chi connectivity index (χ1v) is 6.48. The average molecular weight is 236 g/mol. The topological polar surface area (TPSA) is 29.3 Å². The van der Waals surface area contributed by atoms with Gasteiger partial charge in [-0.05, 0) is 30.9 Å². The van der Waals surface area contributed by atoms with E-state index in [9.17, 15) is 4.39 Å². The summed E-state index contributed by atoms with van der Waals surface area (Å²) in [5.41, 5.74) is 7.06. The van der Waals surface area contributed by atoms with Crippen LogP contribution in [-0.2, 0) is 6.54 Å². The van der Waals surface area contributed by atoms with Crippen molar-refractivity contribution in [3.05, 3.63) is 29.6 Å². The summed E-state index contributed by atoms with van der Waals surface area (Å²) in [5.74, 6) is 0.574. The first-order valence-electron chi connectivity index (χ1n) is 6.48. The van der Waals surface area contributed by atoms with Crippen LogP contribution in [0.2, 0.25) is 0 Å². The molecule has 2 rings (SSSR count). The molecule has 1 aromatic rings. The molecule has 0 saturated carbocycles. The predicted molar refractivity (Wildman–Crippen MR) is 69.5 cm³/mol. The summed E-state index contributed by atoms with van der Waals surface area (Å²) >= 11 is 0. The molecule has 0 bridgehead atoms. The van der Waals surface area contributed by atoms with E-state index in [1.807, 2.05) is 6.07 Å². The monoisotopic (exact) mass is 236 g/mol. The molecule has 2 N–H and O–H groups in total. The summed E-state index contributed by atoms with van der Waals surface area (Å²) in [7, 11) is 0. The number of halogens is 1. The van der Waals surface area contributed by atoms with E-state index in [0.29, 0.717) is 5.56 Å². The third-order valence-corrected chi connectivity index (χ3v) is 3.72. The highest BCUT2D eigenvalue weighted by Crippen LogP contribution is 2.26. The zero-order valence-electron chi connectivity index (χ0n) is 10.5. The lowest BCUT2D eigenvalue weighted by molar-refractivity contribution is 0.404. The Balaban J connectivity index is 2.13. The molecule has 1 aromatic carbocycles. The van der Waals surface area contributed by atoms with E-state index < -0.39 is 0 Å². The summed E-state index contributed by atoms with van der Waals surface area (Å²) in [6.45, 7) is 4.59. The minimum Gasteiger partial charge on any atom is -0.371 e. The van der Waals surface area contributed by atoms with Crippen molar-refractivity contribution in [3.63, 3.8) is 0 Å². The molecule has 3 heteroatoms. The number of nitrogens with zero attached hydrogens (tertiary/aromatic N) is 1. The molecule has 1 fully saturated rings. The normalized spacial score (nSPS) is 20.6. The van der Waals surface area contributed by atoms with Crippen molar-refractivity contribution in [1.82, 2.24) is 0 Å². The van der Waals surface area contributed by atoms with Gasteiger partial charge in [0.2, 0.25) is 0 Å². The zero-order valence-corrected chi connectivity index (χ0v) is 10.5. The molecule has 0 aromatic heterocycles. The van der Waals surface area contributed by atoms with Crippen LogP contribution in [0.5, 0.6) is 0 Å². The van der Waals surface area contributed by atoms with Gasteiger partial charge in [-0.25, -0.2) is 4.39 Å². The molecule has 0 radical (unpaired) electrons. The van der Waals surface area contributed by atoms with Crippen molar-refractivity contribution in [1.29, 1.82) is 0 Å². The summed E-state index contributed by atoms with van der Waals surface area (Å²) in [6.07, 6.45) is 3.72. The van der Waals surface area contributed by atoms with Crippen molar-refractivity contribution < 1.29 is 4.39 Å². The van der Waals surface area contributed by atoms with Gasteiger partial charge in [-0.2, -0.15) is 0 Å². The van der Waals surface area contributed by atoms with Crippen LogP contribution in [-0.4, -0.2) is 13.1 Å². The number of anilines is 1. The average Bonchev–Trinajstić information content (AvgIpc) is 2.38. The Morgan fingerprint density at radius 2 is 2.29 bits per heavy atom. The molecule has 2 nitrogen and oxygen atoms in total. The molecule has 1 saturated heterocycles. The van der Waals surface area contributed by atoms with Gasteiger partial charge in [0.25, 0.3) is 0 Å². The molecule has 0 amide bonds. The lowest BCUT2D eigenvalue weighted by Gasteiger charge is -2.34. The summed E-state index contributed by atoms with van der Waals surface area (Å²) in [5, 5.41) is 0. The Hall–Kier alpha value is -1.09.